The maximum absolute atomic E-state index is 13.5. The van der Waals surface area contributed by atoms with E-state index in [1.807, 2.05) is 11.0 Å². The molecule has 1 aromatic heterocycles. The van der Waals surface area contributed by atoms with Crippen LogP contribution in [0.25, 0.3) is 0 Å². The van der Waals surface area contributed by atoms with Crippen LogP contribution < -0.4 is 20.9 Å². The molecule has 0 atom stereocenters. The Labute approximate surface area is 239 Å². The zero-order valence-corrected chi connectivity index (χ0v) is 23.0. The number of nitrogens with one attached hydrogen (secondary N) is 3. The molecular formula is C31H36FN5O4. The fraction of sp³-hybridized carbons (Fsp3) is 0.387. The minimum atomic E-state index is -0.421. The Morgan fingerprint density at radius 3 is 2.44 bits per heavy atom. The Kier molecular flexibility index (Phi) is 9.18. The van der Waals surface area contributed by atoms with E-state index in [1.54, 1.807) is 36.4 Å². The van der Waals surface area contributed by atoms with E-state index in [9.17, 15) is 18.8 Å². The summed E-state index contributed by atoms with van der Waals surface area (Å²) in [7, 11) is 0. The molecular weight excluding hydrogens is 525 g/mol. The van der Waals surface area contributed by atoms with Gasteiger partial charge in [0.2, 0.25) is 0 Å². The van der Waals surface area contributed by atoms with Gasteiger partial charge in [0.1, 0.15) is 5.82 Å². The number of benzene rings is 2. The van der Waals surface area contributed by atoms with E-state index in [4.69, 9.17) is 4.42 Å². The average Bonchev–Trinajstić information content (AvgIpc) is 3.42. The lowest BCUT2D eigenvalue weighted by molar-refractivity contribution is 0.0949. The molecule has 10 heteroatoms. The lowest BCUT2D eigenvalue weighted by Gasteiger charge is -2.28. The maximum Gasteiger partial charge on any atom is 0.317 e. The molecule has 1 saturated carbocycles. The summed E-state index contributed by atoms with van der Waals surface area (Å²) in [5.41, 5.74) is 2.32. The highest BCUT2D eigenvalue weighted by Crippen LogP contribution is 2.27. The standard InChI is InChI=1S/C31H36FN5O4/c32-23-11-9-22(10-12-23)21-33-29(38)26-20-25(34-30(39)28-8-4-19-41-28)13-14-27(26)36-15-5-16-37(18-17-36)31(40)35-24-6-2-1-3-7-24/h4,8-14,19-20,24H,1-3,5-7,15-18,21H2,(H,33,38)(H,34,39)(H,35,40). The van der Waals surface area contributed by atoms with E-state index in [1.165, 1.54) is 24.8 Å². The number of hydrogen-bond acceptors (Lipinski definition) is 5. The zero-order valence-electron chi connectivity index (χ0n) is 23.0. The van der Waals surface area contributed by atoms with Crippen molar-refractivity contribution in [3.63, 3.8) is 0 Å². The van der Waals surface area contributed by atoms with Crippen molar-refractivity contribution in [2.75, 3.05) is 36.4 Å². The largest absolute Gasteiger partial charge is 0.459 e. The van der Waals surface area contributed by atoms with Gasteiger partial charge in [-0.2, -0.15) is 0 Å². The molecule has 3 aromatic rings. The number of halogens is 1. The number of hydrogen-bond donors (Lipinski definition) is 3. The Morgan fingerprint density at radius 1 is 0.878 bits per heavy atom. The Balaban J connectivity index is 1.31. The van der Waals surface area contributed by atoms with Gasteiger partial charge in [-0.15, -0.1) is 0 Å². The van der Waals surface area contributed by atoms with Crippen LogP contribution in [0.15, 0.2) is 65.3 Å². The van der Waals surface area contributed by atoms with Gasteiger partial charge in [0.15, 0.2) is 5.76 Å². The number of furan rings is 1. The van der Waals surface area contributed by atoms with E-state index in [0.29, 0.717) is 43.1 Å². The van der Waals surface area contributed by atoms with Crippen LogP contribution in [-0.2, 0) is 6.54 Å². The minimum absolute atomic E-state index is 0.0213. The van der Waals surface area contributed by atoms with Crippen LogP contribution >= 0.6 is 0 Å². The summed E-state index contributed by atoms with van der Waals surface area (Å²) in [5, 5.41) is 8.91. The number of nitrogens with zero attached hydrogens (tertiary/aromatic N) is 2. The molecule has 0 bridgehead atoms. The third kappa shape index (κ3) is 7.45. The van der Waals surface area contributed by atoms with E-state index in [0.717, 1.165) is 37.7 Å². The molecule has 9 nitrogen and oxygen atoms in total. The number of anilines is 2. The van der Waals surface area contributed by atoms with Crippen molar-refractivity contribution < 1.29 is 23.2 Å². The number of rotatable bonds is 7. The maximum atomic E-state index is 13.5. The van der Waals surface area contributed by atoms with E-state index < -0.39 is 5.91 Å². The Hall–Kier alpha value is -4.34. The van der Waals surface area contributed by atoms with Gasteiger partial charge >= 0.3 is 6.03 Å². The lowest BCUT2D eigenvalue weighted by Crippen LogP contribution is -2.46. The summed E-state index contributed by atoms with van der Waals surface area (Å²) in [5.74, 6) is -0.926. The fourth-order valence-electron chi connectivity index (χ4n) is 5.43. The molecule has 2 aromatic carbocycles. The van der Waals surface area contributed by atoms with E-state index in [-0.39, 0.29) is 36.1 Å². The summed E-state index contributed by atoms with van der Waals surface area (Å²) in [6, 6.07) is 14.6. The van der Waals surface area contributed by atoms with Crippen molar-refractivity contribution in [3.05, 3.63) is 83.6 Å². The predicted molar refractivity (Wildman–Crippen MR) is 154 cm³/mol. The highest BCUT2D eigenvalue weighted by molar-refractivity contribution is 6.05. The van der Waals surface area contributed by atoms with Crippen LogP contribution in [0.5, 0.6) is 0 Å². The van der Waals surface area contributed by atoms with Crippen molar-refractivity contribution >= 4 is 29.2 Å². The first-order valence-electron chi connectivity index (χ1n) is 14.3. The van der Waals surface area contributed by atoms with Crippen LogP contribution in [-0.4, -0.2) is 55.0 Å². The highest BCUT2D eigenvalue weighted by Gasteiger charge is 2.25. The van der Waals surface area contributed by atoms with Gasteiger partial charge < -0.3 is 30.2 Å². The quantitative estimate of drug-likeness (QED) is 0.370. The van der Waals surface area contributed by atoms with Gasteiger partial charge in [-0.05, 0) is 67.3 Å². The SMILES string of the molecule is O=C(Nc1ccc(N2CCCN(C(=O)NC3CCCCC3)CC2)c(C(=O)NCc2ccc(F)cc2)c1)c1ccco1. The second kappa shape index (κ2) is 13.3. The van der Waals surface area contributed by atoms with Gasteiger partial charge in [-0.3, -0.25) is 9.59 Å². The zero-order chi connectivity index (χ0) is 28.6. The molecule has 1 aliphatic carbocycles. The number of amides is 4. The Morgan fingerprint density at radius 2 is 1.68 bits per heavy atom. The van der Waals surface area contributed by atoms with Gasteiger partial charge in [0, 0.05) is 50.1 Å². The minimum Gasteiger partial charge on any atom is -0.459 e. The molecule has 2 aliphatic rings. The normalized spacial score (nSPS) is 16.1. The molecule has 0 spiro atoms. The summed E-state index contributed by atoms with van der Waals surface area (Å²) < 4.78 is 18.5. The van der Waals surface area contributed by atoms with E-state index in [2.05, 4.69) is 20.9 Å². The summed E-state index contributed by atoms with van der Waals surface area (Å²) in [6.07, 6.45) is 7.79. The summed E-state index contributed by atoms with van der Waals surface area (Å²) in [6.45, 7) is 2.62. The molecule has 1 aliphatic heterocycles. The van der Waals surface area contributed by atoms with Crippen LogP contribution in [0.1, 0.15) is 65.0 Å². The van der Waals surface area contributed by atoms with Crippen molar-refractivity contribution in [2.24, 2.45) is 0 Å². The predicted octanol–water partition coefficient (Wildman–Crippen LogP) is 5.16. The van der Waals surface area contributed by atoms with Gasteiger partial charge in [-0.25, -0.2) is 9.18 Å². The molecule has 5 rings (SSSR count). The van der Waals surface area contributed by atoms with Crippen molar-refractivity contribution in [3.8, 4) is 0 Å². The lowest BCUT2D eigenvalue weighted by atomic mass is 9.96. The van der Waals surface area contributed by atoms with Crippen LogP contribution in [0, 0.1) is 5.82 Å². The molecule has 2 fully saturated rings. The van der Waals surface area contributed by atoms with Crippen LogP contribution in [0.4, 0.5) is 20.6 Å². The van der Waals surface area contributed by atoms with Crippen molar-refractivity contribution in [2.45, 2.75) is 51.1 Å². The second-order valence-corrected chi connectivity index (χ2v) is 10.6. The number of carbonyl (C=O) groups excluding carboxylic acids is 3. The first-order chi connectivity index (χ1) is 20.0. The van der Waals surface area contributed by atoms with Gasteiger partial charge in [-0.1, -0.05) is 31.4 Å². The van der Waals surface area contributed by atoms with Crippen LogP contribution in [0.2, 0.25) is 0 Å². The van der Waals surface area contributed by atoms with Crippen molar-refractivity contribution in [1.82, 2.24) is 15.5 Å². The fourth-order valence-corrected chi connectivity index (χ4v) is 5.43. The average molecular weight is 562 g/mol. The third-order valence-corrected chi connectivity index (χ3v) is 7.67. The first kappa shape index (κ1) is 28.2. The monoisotopic (exact) mass is 561 g/mol. The van der Waals surface area contributed by atoms with Gasteiger partial charge in [0.25, 0.3) is 11.8 Å². The molecule has 4 amide bonds. The van der Waals surface area contributed by atoms with Crippen LogP contribution in [0.3, 0.4) is 0 Å². The second-order valence-electron chi connectivity index (χ2n) is 10.6. The molecule has 216 valence electrons. The van der Waals surface area contributed by atoms with Crippen molar-refractivity contribution in [1.29, 1.82) is 0 Å². The van der Waals surface area contributed by atoms with Gasteiger partial charge in [0.05, 0.1) is 11.8 Å². The molecule has 0 unspecified atom stereocenters. The summed E-state index contributed by atoms with van der Waals surface area (Å²) >= 11 is 0. The number of urea groups is 1. The molecule has 3 N–H and O–H groups in total. The highest BCUT2D eigenvalue weighted by atomic mass is 19.1. The topological polar surface area (TPSA) is 107 Å². The number of carbonyl (C=O) groups is 3. The molecule has 2 heterocycles. The molecule has 0 radical (unpaired) electrons. The molecule has 1 saturated heterocycles. The van der Waals surface area contributed by atoms with E-state index >= 15 is 0 Å². The smallest absolute Gasteiger partial charge is 0.317 e. The molecule has 41 heavy (non-hydrogen) atoms. The first-order valence-corrected chi connectivity index (χ1v) is 14.3. The summed E-state index contributed by atoms with van der Waals surface area (Å²) in [4.78, 5) is 43.0. The third-order valence-electron chi connectivity index (χ3n) is 7.67. The Bertz CT molecular complexity index is 1340.